The smallest absolute Gasteiger partial charge is 0.158 e. The predicted octanol–water partition coefficient (Wildman–Crippen LogP) is 0.729. The molecule has 0 bridgehead atoms. The summed E-state index contributed by atoms with van der Waals surface area (Å²) >= 11 is 0. The molecule has 0 aromatic carbocycles. The summed E-state index contributed by atoms with van der Waals surface area (Å²) in [5, 5.41) is 3.34. The van der Waals surface area contributed by atoms with Crippen LogP contribution in [0.25, 0.3) is 0 Å². The van der Waals surface area contributed by atoms with Crippen molar-refractivity contribution in [3.63, 3.8) is 0 Å². The quantitative estimate of drug-likeness (QED) is 0.504. The summed E-state index contributed by atoms with van der Waals surface area (Å²) in [5.41, 5.74) is 2.52. The van der Waals surface area contributed by atoms with Crippen LogP contribution in [0.5, 0.6) is 0 Å². The van der Waals surface area contributed by atoms with E-state index in [0.717, 1.165) is 11.7 Å². The van der Waals surface area contributed by atoms with Gasteiger partial charge in [-0.1, -0.05) is 6.92 Å². The fourth-order valence-corrected chi connectivity index (χ4v) is 1.55. The van der Waals surface area contributed by atoms with E-state index in [0.29, 0.717) is 24.3 Å². The van der Waals surface area contributed by atoms with E-state index in [4.69, 9.17) is 10.6 Å². The lowest BCUT2D eigenvalue weighted by Crippen LogP contribution is -2.13. The van der Waals surface area contributed by atoms with Crippen LogP contribution < -0.4 is 16.6 Å². The maximum Gasteiger partial charge on any atom is 0.158 e. The Labute approximate surface area is 94.6 Å². The van der Waals surface area contributed by atoms with Gasteiger partial charge >= 0.3 is 0 Å². The standard InChI is InChI=1S/C10H17N5O/c1-6-3-7(6)12-8-4-9(15-11)14-10(13-8)5-16-2/h4,6-7H,3,5,11H2,1-2H3,(H2,12,13,14,15). The number of rotatable bonds is 5. The Morgan fingerprint density at radius 2 is 2.19 bits per heavy atom. The maximum absolute atomic E-state index is 5.35. The van der Waals surface area contributed by atoms with E-state index in [9.17, 15) is 0 Å². The van der Waals surface area contributed by atoms with Crippen molar-refractivity contribution >= 4 is 11.6 Å². The van der Waals surface area contributed by atoms with Crippen LogP contribution in [0.4, 0.5) is 11.6 Å². The second-order valence-corrected chi connectivity index (χ2v) is 4.10. The van der Waals surface area contributed by atoms with Crippen LogP contribution in [-0.4, -0.2) is 23.1 Å². The fourth-order valence-electron chi connectivity index (χ4n) is 1.55. The summed E-state index contributed by atoms with van der Waals surface area (Å²) in [6.45, 7) is 2.58. The summed E-state index contributed by atoms with van der Waals surface area (Å²) in [6.07, 6.45) is 1.19. The van der Waals surface area contributed by atoms with Crippen LogP contribution in [0, 0.1) is 5.92 Å². The fraction of sp³-hybridized carbons (Fsp3) is 0.600. The molecule has 2 atom stereocenters. The van der Waals surface area contributed by atoms with Crippen molar-refractivity contribution in [2.24, 2.45) is 11.8 Å². The number of ether oxygens (including phenoxy) is 1. The van der Waals surface area contributed by atoms with Crippen molar-refractivity contribution in [3.8, 4) is 0 Å². The van der Waals surface area contributed by atoms with Gasteiger partial charge in [0.2, 0.25) is 0 Å². The number of aromatic nitrogens is 2. The second-order valence-electron chi connectivity index (χ2n) is 4.10. The number of nitrogens with two attached hydrogens (primary N) is 1. The highest BCUT2D eigenvalue weighted by Crippen LogP contribution is 2.32. The molecule has 1 aliphatic rings. The Morgan fingerprint density at radius 3 is 2.75 bits per heavy atom. The summed E-state index contributed by atoms with van der Waals surface area (Å²) in [4.78, 5) is 8.52. The van der Waals surface area contributed by atoms with Crippen LogP contribution >= 0.6 is 0 Å². The summed E-state index contributed by atoms with van der Waals surface area (Å²) in [5.74, 6) is 8.08. The Morgan fingerprint density at radius 1 is 1.50 bits per heavy atom. The van der Waals surface area contributed by atoms with Crippen LogP contribution in [0.3, 0.4) is 0 Å². The minimum Gasteiger partial charge on any atom is -0.377 e. The van der Waals surface area contributed by atoms with Gasteiger partial charge in [0.25, 0.3) is 0 Å². The van der Waals surface area contributed by atoms with E-state index in [1.165, 1.54) is 6.42 Å². The molecule has 1 heterocycles. The zero-order chi connectivity index (χ0) is 11.5. The summed E-state index contributed by atoms with van der Waals surface area (Å²) in [6, 6.07) is 2.32. The van der Waals surface area contributed by atoms with E-state index >= 15 is 0 Å². The molecule has 1 saturated carbocycles. The number of nitrogens with zero attached hydrogens (tertiary/aromatic N) is 2. The molecule has 88 valence electrons. The highest BCUT2D eigenvalue weighted by molar-refractivity contribution is 5.48. The monoisotopic (exact) mass is 223 g/mol. The second kappa shape index (κ2) is 4.63. The largest absolute Gasteiger partial charge is 0.377 e. The van der Waals surface area contributed by atoms with Gasteiger partial charge in [-0.3, -0.25) is 0 Å². The lowest BCUT2D eigenvalue weighted by molar-refractivity contribution is 0.178. The lowest BCUT2D eigenvalue weighted by atomic mass is 10.4. The number of hydrogen-bond acceptors (Lipinski definition) is 6. The topological polar surface area (TPSA) is 85.1 Å². The van der Waals surface area contributed by atoms with Crippen LogP contribution in [0.15, 0.2) is 6.07 Å². The Kier molecular flexibility index (Phi) is 3.21. The molecule has 16 heavy (non-hydrogen) atoms. The predicted molar refractivity (Wildman–Crippen MR) is 61.7 cm³/mol. The van der Waals surface area contributed by atoms with Crippen molar-refractivity contribution in [1.29, 1.82) is 0 Å². The average molecular weight is 223 g/mol. The van der Waals surface area contributed by atoms with Gasteiger partial charge in [0.15, 0.2) is 5.82 Å². The van der Waals surface area contributed by atoms with Gasteiger partial charge in [0.1, 0.15) is 18.2 Å². The number of anilines is 2. The Bertz CT molecular complexity index is 370. The van der Waals surface area contributed by atoms with Gasteiger partial charge in [0, 0.05) is 19.2 Å². The third-order valence-corrected chi connectivity index (χ3v) is 2.64. The van der Waals surface area contributed by atoms with E-state index in [-0.39, 0.29) is 0 Å². The third-order valence-electron chi connectivity index (χ3n) is 2.64. The molecule has 0 saturated heterocycles. The van der Waals surface area contributed by atoms with E-state index in [2.05, 4.69) is 27.6 Å². The van der Waals surface area contributed by atoms with E-state index in [1.807, 2.05) is 0 Å². The molecule has 0 spiro atoms. The van der Waals surface area contributed by atoms with Crippen molar-refractivity contribution in [2.45, 2.75) is 26.0 Å². The van der Waals surface area contributed by atoms with Gasteiger partial charge in [0.05, 0.1) is 0 Å². The number of methoxy groups -OCH3 is 1. The molecule has 0 radical (unpaired) electrons. The van der Waals surface area contributed by atoms with Crippen LogP contribution in [0.1, 0.15) is 19.2 Å². The molecule has 1 aliphatic carbocycles. The average Bonchev–Trinajstić information content (AvgIpc) is 2.94. The zero-order valence-electron chi connectivity index (χ0n) is 9.53. The highest BCUT2D eigenvalue weighted by atomic mass is 16.5. The number of hydrogen-bond donors (Lipinski definition) is 3. The molecule has 6 heteroatoms. The molecule has 1 aromatic heterocycles. The first kappa shape index (κ1) is 11.1. The molecule has 0 amide bonds. The van der Waals surface area contributed by atoms with Gasteiger partial charge in [-0.2, -0.15) is 0 Å². The van der Waals surface area contributed by atoms with Crippen LogP contribution in [-0.2, 0) is 11.3 Å². The van der Waals surface area contributed by atoms with Gasteiger partial charge in [-0.25, -0.2) is 15.8 Å². The Hall–Kier alpha value is -1.40. The highest BCUT2D eigenvalue weighted by Gasteiger charge is 2.32. The van der Waals surface area contributed by atoms with E-state index < -0.39 is 0 Å². The molecule has 1 aromatic rings. The summed E-state index contributed by atoms with van der Waals surface area (Å²) < 4.78 is 5.00. The van der Waals surface area contributed by atoms with Crippen LogP contribution in [0.2, 0.25) is 0 Å². The Balaban J connectivity index is 2.12. The molecule has 0 aliphatic heterocycles. The molecule has 2 rings (SSSR count). The normalized spacial score (nSPS) is 22.9. The lowest BCUT2D eigenvalue weighted by Gasteiger charge is -2.08. The van der Waals surface area contributed by atoms with Crippen molar-refractivity contribution < 1.29 is 4.74 Å². The third kappa shape index (κ3) is 2.59. The molecule has 2 unspecified atom stereocenters. The van der Waals surface area contributed by atoms with Crippen molar-refractivity contribution in [3.05, 3.63) is 11.9 Å². The molecule has 1 fully saturated rings. The van der Waals surface area contributed by atoms with Crippen molar-refractivity contribution in [2.75, 3.05) is 17.9 Å². The molecular weight excluding hydrogens is 206 g/mol. The SMILES string of the molecule is COCc1nc(NN)cc(NC2CC2C)n1. The summed E-state index contributed by atoms with van der Waals surface area (Å²) in [7, 11) is 1.61. The minimum absolute atomic E-state index is 0.379. The first-order valence-corrected chi connectivity index (χ1v) is 5.33. The maximum atomic E-state index is 5.35. The van der Waals surface area contributed by atoms with Gasteiger partial charge in [-0.05, 0) is 12.3 Å². The van der Waals surface area contributed by atoms with E-state index in [1.54, 1.807) is 13.2 Å². The number of nitrogens with one attached hydrogen (secondary N) is 2. The minimum atomic E-state index is 0.379. The molecule has 6 nitrogen and oxygen atoms in total. The molecular formula is C10H17N5O. The first-order chi connectivity index (χ1) is 7.72. The van der Waals surface area contributed by atoms with Gasteiger partial charge < -0.3 is 15.5 Å². The van der Waals surface area contributed by atoms with Crippen molar-refractivity contribution in [1.82, 2.24) is 9.97 Å². The first-order valence-electron chi connectivity index (χ1n) is 5.33. The number of nitrogen functional groups attached to an aromatic ring is 1. The zero-order valence-corrected chi connectivity index (χ0v) is 9.53. The molecule has 4 N–H and O–H groups in total. The van der Waals surface area contributed by atoms with Gasteiger partial charge in [-0.15, -0.1) is 0 Å². The number of hydrazine groups is 1.